The van der Waals surface area contributed by atoms with Crippen molar-refractivity contribution in [2.75, 3.05) is 146 Å². The number of aromatic nitrogens is 2. The molecule has 0 saturated carbocycles. The van der Waals surface area contributed by atoms with Crippen LogP contribution in [0.4, 0.5) is 17.1 Å². The molecule has 0 spiro atoms. The monoisotopic (exact) mass is 1570 g/mol. The van der Waals surface area contributed by atoms with Gasteiger partial charge in [-0.2, -0.15) is 0 Å². The first-order chi connectivity index (χ1) is 49.0. The number of nitrogens with zero attached hydrogens (tertiary/aromatic N) is 5. The van der Waals surface area contributed by atoms with Crippen molar-refractivity contribution >= 4 is 112 Å². The van der Waals surface area contributed by atoms with E-state index in [0.29, 0.717) is 65.5 Å². The van der Waals surface area contributed by atoms with Gasteiger partial charge >= 0.3 is 17.9 Å². The highest BCUT2D eigenvalue weighted by molar-refractivity contribution is 9.11. The van der Waals surface area contributed by atoms with Crippen LogP contribution in [0.2, 0.25) is 0 Å². The molecule has 0 atom stereocenters. The predicted molar refractivity (Wildman–Crippen MR) is 403 cm³/mol. The molecule has 0 amide bonds. The Morgan fingerprint density at radius 1 is 0.525 bits per heavy atom. The van der Waals surface area contributed by atoms with Crippen LogP contribution in [0.15, 0.2) is 137 Å². The third-order valence-electron chi connectivity index (χ3n) is 15.3. The average molecular weight is 1570 g/mol. The average Bonchev–Trinajstić information content (AvgIpc) is 1.71. The third kappa shape index (κ3) is 25.6. The van der Waals surface area contributed by atoms with E-state index in [1.54, 1.807) is 66.9 Å². The summed E-state index contributed by atoms with van der Waals surface area (Å²) in [6.07, 6.45) is 0. The smallest absolute Gasteiger partial charge is 0.344 e. The molecule has 11 rings (SSSR count). The number of carbonyl (C=O) groups excluding carboxylic acids is 4. The number of alkyl halides is 1. The molecule has 0 unspecified atom stereocenters. The fourth-order valence-electron chi connectivity index (χ4n) is 10.1. The number of anilines is 3. The van der Waals surface area contributed by atoms with Crippen LogP contribution >= 0.6 is 66.8 Å². The minimum atomic E-state index is -0.428. The number of rotatable bonds is 27. The van der Waals surface area contributed by atoms with Gasteiger partial charge in [0.1, 0.15) is 69.3 Å². The van der Waals surface area contributed by atoms with Gasteiger partial charge in [-0.15, -0.1) is 22.7 Å². The van der Waals surface area contributed by atoms with Gasteiger partial charge in [0.15, 0.2) is 25.6 Å². The summed E-state index contributed by atoms with van der Waals surface area (Å²) in [5, 5.41) is 4.21. The Labute approximate surface area is 619 Å². The molecule has 0 radical (unpaired) electrons. The Kier molecular flexibility index (Phi) is 32.2. The van der Waals surface area contributed by atoms with Crippen molar-refractivity contribution in [3.05, 3.63) is 169 Å². The third-order valence-corrected chi connectivity index (χ3v) is 18.5. The summed E-state index contributed by atoms with van der Waals surface area (Å²) in [5.41, 5.74) is 16.3. The van der Waals surface area contributed by atoms with E-state index in [1.807, 2.05) is 69.3 Å². The van der Waals surface area contributed by atoms with E-state index in [9.17, 15) is 19.2 Å². The largest absolute Gasteiger partial charge is 0.486 e. The highest BCUT2D eigenvalue weighted by atomic mass is 79.9. The van der Waals surface area contributed by atoms with E-state index >= 15 is 0 Å². The SMILES string of the molecule is CCOC(=O)COc1ccc(OCc2nc(-c3ccc(N4CCOCC4)cc3)c(Br)s2)cc1C.CCOC(=O)COc1ccc(OCc2nc(-c3ccc(N4CCOCC4)cc3)cs2)cc1C.COC(=O)COc1ccc(OCC(N)=S)cc1C.O=C(CBr)c1ccc(N2CCOCC2)cc1. The second kappa shape index (κ2) is 41.5. The zero-order valence-electron chi connectivity index (χ0n) is 57.4. The minimum absolute atomic E-state index is 0.107. The summed E-state index contributed by atoms with van der Waals surface area (Å²) in [5.74, 6) is 2.86. The maximum absolute atomic E-state index is 11.5. The van der Waals surface area contributed by atoms with Crippen LogP contribution in [-0.2, 0) is 56.0 Å². The lowest BCUT2D eigenvalue weighted by Crippen LogP contribution is -2.36. The second-order valence-corrected chi connectivity index (χ2v) is 26.9. The van der Waals surface area contributed by atoms with Crippen LogP contribution in [0.5, 0.6) is 34.5 Å². The van der Waals surface area contributed by atoms with Crippen LogP contribution < -0.4 is 48.9 Å². The molecule has 0 bridgehead atoms. The van der Waals surface area contributed by atoms with Crippen molar-refractivity contribution in [3.8, 4) is 57.0 Å². The summed E-state index contributed by atoms with van der Waals surface area (Å²) in [6, 6.07) is 41.0. The van der Waals surface area contributed by atoms with E-state index in [1.165, 1.54) is 18.5 Å². The van der Waals surface area contributed by atoms with Crippen molar-refractivity contribution in [2.24, 2.45) is 5.73 Å². The molecule has 2 aromatic heterocycles. The van der Waals surface area contributed by atoms with Gasteiger partial charge in [-0.3, -0.25) is 4.79 Å². The van der Waals surface area contributed by atoms with Crippen molar-refractivity contribution in [1.82, 2.24) is 9.97 Å². The first-order valence-electron chi connectivity index (χ1n) is 32.7. The zero-order chi connectivity index (χ0) is 71.9. The summed E-state index contributed by atoms with van der Waals surface area (Å²) < 4.78 is 64.9. The van der Waals surface area contributed by atoms with E-state index in [0.717, 1.165) is 149 Å². The lowest BCUT2D eigenvalue weighted by atomic mass is 10.1. The molecule has 6 aromatic carbocycles. The molecule has 2 N–H and O–H groups in total. The van der Waals surface area contributed by atoms with Gasteiger partial charge in [0, 0.05) is 78.4 Å². The van der Waals surface area contributed by atoms with Crippen molar-refractivity contribution in [3.63, 3.8) is 0 Å². The number of ether oxygens (including phenoxy) is 12. The number of morpholine rings is 3. The number of esters is 3. The normalized spacial score (nSPS) is 13.3. The highest BCUT2D eigenvalue weighted by Crippen LogP contribution is 2.36. The Morgan fingerprint density at radius 2 is 0.931 bits per heavy atom. The maximum Gasteiger partial charge on any atom is 0.344 e. The summed E-state index contributed by atoms with van der Waals surface area (Å²) in [4.78, 5) is 62.0. The van der Waals surface area contributed by atoms with E-state index in [2.05, 4.69) is 105 Å². The Bertz CT molecular complexity index is 3940. The standard InChI is InChI=1S/C25H27BrN2O5S.C25H28N2O5S.C12H14BrNO2.C12H15NO4S/c1-3-31-23(29)16-33-21-9-8-20(14-17(21)2)32-15-22-27-24(25(26)34-22)18-4-6-19(7-5-18)28-10-12-30-13-11-28;1-3-30-25(28)16-32-23-9-8-21(14-18(23)2)31-15-24-26-22(17-33-24)19-4-6-20(7-5-19)27-10-12-29-13-11-27;13-9-12(15)10-1-3-11(4-2-10)14-5-7-16-8-6-14;1-8-5-9(16-6-11(13)18)3-4-10(8)17-7-12(14)15-2/h4-9,14H,3,10-13,15-16H2,1-2H3;4-9,14,17H,3,10-13,15-16H2,1-2H3;1-4H,5-9H2;3-5H,6-7H2,1-2H3,(H2,13,18). The molecule has 3 aliphatic rings. The number of hydrogen-bond acceptors (Lipinski definition) is 24. The van der Waals surface area contributed by atoms with Gasteiger partial charge in [0.05, 0.1) is 80.5 Å². The van der Waals surface area contributed by atoms with Gasteiger partial charge in [0.2, 0.25) is 0 Å². The molecule has 101 heavy (non-hydrogen) atoms. The number of thiocarbonyl (C=S) groups is 1. The van der Waals surface area contributed by atoms with Crippen LogP contribution in [0, 0.1) is 20.8 Å². The van der Waals surface area contributed by atoms with Gasteiger partial charge in [-0.25, -0.2) is 24.4 Å². The number of benzene rings is 6. The highest BCUT2D eigenvalue weighted by Gasteiger charge is 2.18. The number of halogens is 2. The van der Waals surface area contributed by atoms with E-state index < -0.39 is 5.97 Å². The van der Waals surface area contributed by atoms with Crippen LogP contribution in [0.1, 0.15) is 50.9 Å². The van der Waals surface area contributed by atoms with E-state index in [4.69, 9.17) is 80.0 Å². The molecule has 3 fully saturated rings. The van der Waals surface area contributed by atoms with Crippen LogP contribution in [-0.4, -0.2) is 170 Å². The molecule has 3 aliphatic heterocycles. The molecule has 5 heterocycles. The molecule has 3 saturated heterocycles. The number of carbonyl (C=O) groups is 4. The maximum atomic E-state index is 11.5. The number of thiazole rings is 2. The number of hydrogen-bond donors (Lipinski definition) is 1. The van der Waals surface area contributed by atoms with Gasteiger partial charge in [-0.1, -0.05) is 52.4 Å². The Hall–Kier alpha value is -8.41. The summed E-state index contributed by atoms with van der Waals surface area (Å²) >= 11 is 14.7. The molecular formula is C74H84Br2N6O16S3. The first-order valence-corrected chi connectivity index (χ1v) is 36.7. The molecule has 538 valence electrons. The second-order valence-electron chi connectivity index (χ2n) is 22.5. The molecule has 0 aliphatic carbocycles. The van der Waals surface area contributed by atoms with Crippen molar-refractivity contribution in [2.45, 2.75) is 47.8 Å². The number of Topliss-reactive ketones (excluding diaryl/α,β-unsaturated/α-hetero) is 1. The fourth-order valence-corrected chi connectivity index (χ4v) is 12.8. The van der Waals surface area contributed by atoms with Crippen LogP contribution in [0.3, 0.4) is 0 Å². The number of nitrogens with two attached hydrogens (primary N) is 1. The number of aryl methyl sites for hydroxylation is 3. The lowest BCUT2D eigenvalue weighted by molar-refractivity contribution is -0.146. The van der Waals surface area contributed by atoms with Gasteiger partial charge in [-0.05, 0) is 170 Å². The van der Waals surface area contributed by atoms with Gasteiger partial charge in [0.25, 0.3) is 0 Å². The molecule has 22 nitrogen and oxygen atoms in total. The summed E-state index contributed by atoms with van der Waals surface area (Å²) in [6.45, 7) is 20.7. The van der Waals surface area contributed by atoms with Crippen molar-refractivity contribution in [1.29, 1.82) is 0 Å². The van der Waals surface area contributed by atoms with Gasteiger partial charge < -0.3 is 77.3 Å². The first kappa shape index (κ1) is 78.3. The minimum Gasteiger partial charge on any atom is -0.486 e. The Morgan fingerprint density at radius 3 is 1.34 bits per heavy atom. The quantitative estimate of drug-likeness (QED) is 0.0165. The molecule has 8 aromatic rings. The zero-order valence-corrected chi connectivity index (χ0v) is 63.0. The number of ketones is 1. The van der Waals surface area contributed by atoms with Crippen molar-refractivity contribution < 1.29 is 76.0 Å². The van der Waals surface area contributed by atoms with E-state index in [-0.39, 0.29) is 44.1 Å². The Balaban J connectivity index is 0.000000180. The predicted octanol–water partition coefficient (Wildman–Crippen LogP) is 13.0. The molecular weight excluding hydrogens is 1480 g/mol. The molecule has 27 heteroatoms. The fraction of sp³-hybridized carbons (Fsp3) is 0.365. The topological polar surface area (TPSA) is 241 Å². The number of methoxy groups -OCH3 is 1. The van der Waals surface area contributed by atoms with Crippen LogP contribution in [0.25, 0.3) is 22.5 Å². The summed E-state index contributed by atoms with van der Waals surface area (Å²) in [7, 11) is 1.31. The lowest BCUT2D eigenvalue weighted by Gasteiger charge is -2.28.